The highest BCUT2D eigenvalue weighted by molar-refractivity contribution is 8.00. The highest BCUT2D eigenvalue weighted by atomic mass is 32.2. The number of anilines is 1. The number of thioether (sulfide) groups is 1. The van der Waals surface area contributed by atoms with Gasteiger partial charge in [-0.2, -0.15) is 0 Å². The molecule has 1 aromatic heterocycles. The van der Waals surface area contributed by atoms with Crippen LogP contribution in [0.1, 0.15) is 18.1 Å². The average Bonchev–Trinajstić information content (AvgIpc) is 3.11. The molecule has 0 aliphatic carbocycles. The van der Waals surface area contributed by atoms with Crippen LogP contribution in [0, 0.1) is 13.8 Å². The third kappa shape index (κ3) is 4.68. The number of ether oxygens (including phenoxy) is 1. The van der Waals surface area contributed by atoms with Crippen molar-refractivity contribution in [2.45, 2.75) is 31.2 Å². The van der Waals surface area contributed by atoms with Crippen molar-refractivity contribution in [3.63, 3.8) is 0 Å². The minimum atomic E-state index is -0.364. The zero-order chi connectivity index (χ0) is 19.4. The maximum Gasteiger partial charge on any atom is 0.237 e. The number of hydrogen-bond donors (Lipinski definition) is 2. The Balaban J connectivity index is 1.67. The normalized spacial score (nSPS) is 11.9. The van der Waals surface area contributed by atoms with Crippen molar-refractivity contribution < 1.29 is 9.53 Å². The number of aromatic nitrogens is 3. The average molecular weight is 382 g/mol. The van der Waals surface area contributed by atoms with Crippen LogP contribution in [0.15, 0.2) is 47.6 Å². The lowest BCUT2D eigenvalue weighted by Crippen LogP contribution is -2.22. The van der Waals surface area contributed by atoms with E-state index in [4.69, 9.17) is 4.74 Å². The summed E-state index contributed by atoms with van der Waals surface area (Å²) in [6.07, 6.45) is 0. The molecule has 0 spiro atoms. The monoisotopic (exact) mass is 382 g/mol. The number of carbonyl (C=O) groups is 1. The van der Waals surface area contributed by atoms with Crippen LogP contribution >= 0.6 is 11.8 Å². The fraction of sp³-hybridized carbons (Fsp3) is 0.250. The number of carbonyl (C=O) groups excluding carboxylic acids is 1. The van der Waals surface area contributed by atoms with Crippen molar-refractivity contribution in [3.05, 3.63) is 53.6 Å². The van der Waals surface area contributed by atoms with Gasteiger partial charge in [-0.25, -0.2) is 4.98 Å². The SMILES string of the molecule is COc1ccc(C)cc1NC(=O)[C@H](C)Sc1n[nH]c(-c2ccc(C)cc2)n1. The van der Waals surface area contributed by atoms with Crippen LogP contribution in [0.25, 0.3) is 11.4 Å². The number of benzene rings is 2. The first-order valence-corrected chi connectivity index (χ1v) is 9.46. The number of hydrogen-bond acceptors (Lipinski definition) is 5. The number of methoxy groups -OCH3 is 1. The van der Waals surface area contributed by atoms with Crippen molar-refractivity contribution in [2.75, 3.05) is 12.4 Å². The summed E-state index contributed by atoms with van der Waals surface area (Å²) in [7, 11) is 1.58. The molecule has 0 radical (unpaired) electrons. The Morgan fingerprint density at radius 1 is 1.15 bits per heavy atom. The largest absolute Gasteiger partial charge is 0.495 e. The molecule has 0 saturated carbocycles. The van der Waals surface area contributed by atoms with E-state index < -0.39 is 0 Å². The van der Waals surface area contributed by atoms with Gasteiger partial charge in [0.25, 0.3) is 0 Å². The molecule has 1 heterocycles. The van der Waals surface area contributed by atoms with E-state index in [0.29, 0.717) is 22.4 Å². The Morgan fingerprint density at radius 2 is 1.85 bits per heavy atom. The Labute approximate surface area is 162 Å². The molecule has 1 amide bonds. The van der Waals surface area contributed by atoms with Crippen LogP contribution in [0.4, 0.5) is 5.69 Å². The summed E-state index contributed by atoms with van der Waals surface area (Å²) < 4.78 is 5.31. The summed E-state index contributed by atoms with van der Waals surface area (Å²) in [5.41, 5.74) is 3.85. The predicted molar refractivity (Wildman–Crippen MR) is 108 cm³/mol. The van der Waals surface area contributed by atoms with E-state index in [1.807, 2.05) is 63.2 Å². The van der Waals surface area contributed by atoms with E-state index in [1.54, 1.807) is 7.11 Å². The van der Waals surface area contributed by atoms with E-state index in [1.165, 1.54) is 17.3 Å². The summed E-state index contributed by atoms with van der Waals surface area (Å²) in [4.78, 5) is 17.0. The molecule has 0 unspecified atom stereocenters. The highest BCUT2D eigenvalue weighted by Crippen LogP contribution is 2.28. The Bertz CT molecular complexity index is 937. The van der Waals surface area contributed by atoms with Gasteiger partial charge in [0.1, 0.15) is 5.75 Å². The lowest BCUT2D eigenvalue weighted by Gasteiger charge is -2.13. The van der Waals surface area contributed by atoms with Crippen LogP contribution in [-0.4, -0.2) is 33.4 Å². The number of nitrogens with zero attached hydrogens (tertiary/aromatic N) is 2. The molecule has 3 rings (SSSR count). The zero-order valence-corrected chi connectivity index (χ0v) is 16.6. The smallest absolute Gasteiger partial charge is 0.237 e. The lowest BCUT2D eigenvalue weighted by molar-refractivity contribution is -0.115. The van der Waals surface area contributed by atoms with E-state index in [-0.39, 0.29) is 11.2 Å². The molecule has 6 nitrogen and oxygen atoms in total. The number of H-pyrrole nitrogens is 1. The predicted octanol–water partition coefficient (Wildman–Crippen LogP) is 4.22. The summed E-state index contributed by atoms with van der Waals surface area (Å²) in [6, 6.07) is 13.7. The molecule has 2 N–H and O–H groups in total. The van der Waals surface area contributed by atoms with E-state index in [2.05, 4.69) is 20.5 Å². The van der Waals surface area contributed by atoms with Crippen molar-refractivity contribution in [1.29, 1.82) is 0 Å². The van der Waals surface area contributed by atoms with Crippen LogP contribution in [0.2, 0.25) is 0 Å². The number of rotatable bonds is 6. The van der Waals surface area contributed by atoms with E-state index >= 15 is 0 Å². The summed E-state index contributed by atoms with van der Waals surface area (Å²) in [5, 5.41) is 10.2. The molecule has 7 heteroatoms. The second kappa shape index (κ2) is 8.26. The molecule has 0 aliphatic heterocycles. The van der Waals surface area contributed by atoms with Crippen molar-refractivity contribution in [3.8, 4) is 17.1 Å². The molecule has 2 aromatic carbocycles. The topological polar surface area (TPSA) is 79.9 Å². The van der Waals surface area contributed by atoms with Gasteiger partial charge < -0.3 is 10.1 Å². The van der Waals surface area contributed by atoms with E-state index in [0.717, 1.165) is 11.1 Å². The maximum atomic E-state index is 12.6. The molecular formula is C20H22N4O2S. The van der Waals surface area contributed by atoms with Gasteiger partial charge in [-0.3, -0.25) is 9.89 Å². The minimum Gasteiger partial charge on any atom is -0.495 e. The molecule has 140 valence electrons. The zero-order valence-electron chi connectivity index (χ0n) is 15.7. The summed E-state index contributed by atoms with van der Waals surface area (Å²) in [6.45, 7) is 5.83. The van der Waals surface area contributed by atoms with Crippen LogP contribution in [0.5, 0.6) is 5.75 Å². The molecule has 0 saturated heterocycles. The summed E-state index contributed by atoms with van der Waals surface area (Å²) in [5.74, 6) is 1.18. The minimum absolute atomic E-state index is 0.134. The molecule has 1 atom stereocenters. The summed E-state index contributed by atoms with van der Waals surface area (Å²) >= 11 is 1.30. The van der Waals surface area contributed by atoms with Gasteiger partial charge in [0.15, 0.2) is 5.82 Å². The lowest BCUT2D eigenvalue weighted by atomic mass is 10.1. The van der Waals surface area contributed by atoms with Crippen LogP contribution in [0.3, 0.4) is 0 Å². The van der Waals surface area contributed by atoms with Crippen molar-refractivity contribution in [1.82, 2.24) is 15.2 Å². The third-order valence-electron chi connectivity index (χ3n) is 4.05. The first-order valence-electron chi connectivity index (χ1n) is 8.58. The van der Waals surface area contributed by atoms with Gasteiger partial charge in [0.2, 0.25) is 11.1 Å². The van der Waals surface area contributed by atoms with Crippen molar-refractivity contribution >= 4 is 23.4 Å². The standard InChI is InChI=1S/C20H22N4O2S/c1-12-5-8-15(9-6-12)18-22-20(24-23-18)27-14(3)19(25)21-16-11-13(2)7-10-17(16)26-4/h5-11,14H,1-4H3,(H,21,25)(H,22,23,24)/t14-/m0/s1. The maximum absolute atomic E-state index is 12.6. The first-order chi connectivity index (χ1) is 13.0. The second-order valence-corrected chi connectivity index (χ2v) is 7.59. The first kappa shape index (κ1) is 19.0. The van der Waals surface area contributed by atoms with E-state index in [9.17, 15) is 4.79 Å². The quantitative estimate of drug-likeness (QED) is 0.624. The molecule has 0 fully saturated rings. The van der Waals surface area contributed by atoms with Gasteiger partial charge in [-0.15, -0.1) is 5.10 Å². The fourth-order valence-corrected chi connectivity index (χ4v) is 3.23. The van der Waals surface area contributed by atoms with Gasteiger partial charge >= 0.3 is 0 Å². The number of amides is 1. The third-order valence-corrected chi connectivity index (χ3v) is 5.02. The molecular weight excluding hydrogens is 360 g/mol. The highest BCUT2D eigenvalue weighted by Gasteiger charge is 2.19. The van der Waals surface area contributed by atoms with Crippen molar-refractivity contribution in [2.24, 2.45) is 0 Å². The second-order valence-electron chi connectivity index (χ2n) is 6.29. The molecule has 0 bridgehead atoms. The molecule has 27 heavy (non-hydrogen) atoms. The fourth-order valence-electron chi connectivity index (χ4n) is 2.51. The Morgan fingerprint density at radius 3 is 2.56 bits per heavy atom. The van der Waals surface area contributed by atoms with Gasteiger partial charge in [-0.1, -0.05) is 47.7 Å². The number of aryl methyl sites for hydroxylation is 2. The Hall–Kier alpha value is -2.80. The Kier molecular flexibility index (Phi) is 5.81. The number of nitrogens with one attached hydrogen (secondary N) is 2. The van der Waals surface area contributed by atoms with Crippen LogP contribution in [-0.2, 0) is 4.79 Å². The van der Waals surface area contributed by atoms with Gasteiger partial charge in [-0.05, 0) is 38.5 Å². The van der Waals surface area contributed by atoms with Gasteiger partial charge in [0, 0.05) is 5.56 Å². The van der Waals surface area contributed by atoms with Gasteiger partial charge in [0.05, 0.1) is 18.0 Å². The molecule has 3 aromatic rings. The number of aromatic amines is 1. The van der Waals surface area contributed by atoms with Crippen LogP contribution < -0.4 is 10.1 Å². The molecule has 0 aliphatic rings.